The fraction of sp³-hybridized carbons (Fsp3) is 0.435. The Balaban J connectivity index is 1.90. The normalized spacial score (nSPS) is 15.9. The van der Waals surface area contributed by atoms with E-state index in [0.29, 0.717) is 17.9 Å². The first-order chi connectivity index (χ1) is 15.1. The predicted molar refractivity (Wildman–Crippen MR) is 126 cm³/mol. The van der Waals surface area contributed by atoms with Crippen molar-refractivity contribution >= 4 is 29.0 Å². The monoisotopic (exact) mass is 458 g/mol. The van der Waals surface area contributed by atoms with Crippen LogP contribution in [-0.2, 0) is 4.79 Å². The average Bonchev–Trinajstić information content (AvgIpc) is 3.41. The van der Waals surface area contributed by atoms with Crippen LogP contribution in [0.4, 0.5) is 4.79 Å². The third kappa shape index (κ3) is 5.40. The van der Waals surface area contributed by atoms with Gasteiger partial charge in [0.1, 0.15) is 18.0 Å². The molecule has 1 aromatic heterocycles. The summed E-state index contributed by atoms with van der Waals surface area (Å²) in [5, 5.41) is 11.0. The van der Waals surface area contributed by atoms with Crippen molar-refractivity contribution in [3.8, 4) is 11.5 Å². The van der Waals surface area contributed by atoms with Crippen molar-refractivity contribution in [1.29, 1.82) is 0 Å². The van der Waals surface area contributed by atoms with E-state index in [4.69, 9.17) is 9.47 Å². The number of methoxy groups -OCH3 is 2. The lowest BCUT2D eigenvalue weighted by Gasteiger charge is -2.28. The Kier molecular flexibility index (Phi) is 7.08. The SMILES string of the molecule is COc1ccc(OC)c([C@H]2CC(c3cccs3)=NN2C(=O)CN(C)C(=O)NC(C)(C)C)c1. The van der Waals surface area contributed by atoms with Gasteiger partial charge in [0.2, 0.25) is 0 Å². The summed E-state index contributed by atoms with van der Waals surface area (Å²) >= 11 is 1.57. The second kappa shape index (κ2) is 9.60. The molecule has 0 bridgehead atoms. The van der Waals surface area contributed by atoms with Gasteiger partial charge in [-0.15, -0.1) is 11.3 Å². The van der Waals surface area contributed by atoms with Gasteiger partial charge in [0.05, 0.1) is 30.9 Å². The molecule has 2 aromatic rings. The Morgan fingerprint density at radius 1 is 1.25 bits per heavy atom. The lowest BCUT2D eigenvalue weighted by molar-refractivity contribution is -0.133. The van der Waals surface area contributed by atoms with Crippen molar-refractivity contribution in [2.24, 2.45) is 5.10 Å². The average molecular weight is 459 g/mol. The minimum Gasteiger partial charge on any atom is -0.497 e. The van der Waals surface area contributed by atoms with Crippen LogP contribution >= 0.6 is 11.3 Å². The molecule has 8 nitrogen and oxygen atoms in total. The van der Waals surface area contributed by atoms with Crippen LogP contribution in [-0.4, -0.2) is 60.9 Å². The van der Waals surface area contributed by atoms with Gasteiger partial charge in [0, 0.05) is 24.6 Å². The predicted octanol–water partition coefficient (Wildman–Crippen LogP) is 3.88. The van der Waals surface area contributed by atoms with Gasteiger partial charge in [0.15, 0.2) is 0 Å². The number of hydrogen-bond acceptors (Lipinski definition) is 6. The molecule has 172 valence electrons. The maximum atomic E-state index is 13.3. The summed E-state index contributed by atoms with van der Waals surface area (Å²) in [7, 11) is 4.79. The second-order valence-corrected chi connectivity index (χ2v) is 9.57. The van der Waals surface area contributed by atoms with E-state index in [0.717, 1.165) is 16.2 Å². The molecule has 1 atom stereocenters. The number of thiophene rings is 1. The Morgan fingerprint density at radius 2 is 2.00 bits per heavy atom. The van der Waals surface area contributed by atoms with Gasteiger partial charge in [-0.3, -0.25) is 4.79 Å². The maximum absolute atomic E-state index is 13.3. The third-order valence-electron chi connectivity index (χ3n) is 4.97. The number of amides is 3. The summed E-state index contributed by atoms with van der Waals surface area (Å²) < 4.78 is 11.0. The number of hydrazone groups is 1. The van der Waals surface area contributed by atoms with Crippen LogP contribution in [0.1, 0.15) is 43.7 Å². The van der Waals surface area contributed by atoms with Gasteiger partial charge < -0.3 is 19.7 Å². The molecular formula is C23H30N4O4S. The summed E-state index contributed by atoms with van der Waals surface area (Å²) in [5.74, 6) is 1.03. The zero-order valence-corrected chi connectivity index (χ0v) is 20.2. The summed E-state index contributed by atoms with van der Waals surface area (Å²) in [4.78, 5) is 28.1. The number of nitrogens with one attached hydrogen (secondary N) is 1. The van der Waals surface area contributed by atoms with Crippen molar-refractivity contribution in [1.82, 2.24) is 15.2 Å². The molecule has 0 fully saturated rings. The van der Waals surface area contributed by atoms with E-state index >= 15 is 0 Å². The minimum absolute atomic E-state index is 0.105. The molecule has 0 aliphatic carbocycles. The Hall–Kier alpha value is -3.07. The van der Waals surface area contributed by atoms with Crippen molar-refractivity contribution < 1.29 is 19.1 Å². The van der Waals surface area contributed by atoms with Gasteiger partial charge in [-0.2, -0.15) is 5.10 Å². The highest BCUT2D eigenvalue weighted by atomic mass is 32.1. The lowest BCUT2D eigenvalue weighted by atomic mass is 9.99. The highest BCUT2D eigenvalue weighted by molar-refractivity contribution is 7.12. The summed E-state index contributed by atoms with van der Waals surface area (Å²) in [5.41, 5.74) is 1.23. The number of nitrogens with zero attached hydrogens (tertiary/aromatic N) is 3. The Labute approximate surface area is 192 Å². The molecule has 0 saturated heterocycles. The van der Waals surface area contributed by atoms with Crippen LogP contribution in [0.3, 0.4) is 0 Å². The summed E-state index contributed by atoms with van der Waals surface area (Å²) in [6.45, 7) is 5.57. The van der Waals surface area contributed by atoms with Gasteiger partial charge in [-0.25, -0.2) is 9.80 Å². The van der Waals surface area contributed by atoms with Crippen molar-refractivity contribution in [2.75, 3.05) is 27.8 Å². The van der Waals surface area contributed by atoms with Crippen molar-refractivity contribution in [2.45, 2.75) is 38.8 Å². The van der Waals surface area contributed by atoms with Crippen LogP contribution < -0.4 is 14.8 Å². The molecule has 1 aliphatic heterocycles. The number of hydrogen-bond donors (Lipinski definition) is 1. The van der Waals surface area contributed by atoms with Crippen LogP contribution in [0.5, 0.6) is 11.5 Å². The molecule has 3 rings (SSSR count). The van der Waals surface area contributed by atoms with E-state index in [1.54, 1.807) is 32.6 Å². The number of carbonyl (C=O) groups is 2. The highest BCUT2D eigenvalue weighted by Gasteiger charge is 2.36. The second-order valence-electron chi connectivity index (χ2n) is 8.63. The molecule has 1 N–H and O–H groups in total. The maximum Gasteiger partial charge on any atom is 0.318 e. The van der Waals surface area contributed by atoms with Gasteiger partial charge in [0.25, 0.3) is 5.91 Å². The first-order valence-corrected chi connectivity index (χ1v) is 11.2. The molecule has 9 heteroatoms. The zero-order valence-electron chi connectivity index (χ0n) is 19.3. The molecule has 3 amide bonds. The lowest BCUT2D eigenvalue weighted by Crippen LogP contribution is -2.49. The van der Waals surface area contributed by atoms with Crippen LogP contribution in [0, 0.1) is 0 Å². The molecular weight excluding hydrogens is 428 g/mol. The number of ether oxygens (including phenoxy) is 2. The van der Waals surface area contributed by atoms with E-state index in [9.17, 15) is 9.59 Å². The molecule has 1 aromatic carbocycles. The largest absolute Gasteiger partial charge is 0.497 e. The van der Waals surface area contributed by atoms with E-state index in [2.05, 4.69) is 10.4 Å². The molecule has 0 unspecified atom stereocenters. The van der Waals surface area contributed by atoms with Crippen LogP contribution in [0.25, 0.3) is 0 Å². The number of urea groups is 1. The van der Waals surface area contributed by atoms with Crippen LogP contribution in [0.2, 0.25) is 0 Å². The molecule has 32 heavy (non-hydrogen) atoms. The van der Waals surface area contributed by atoms with E-state index in [1.807, 2.05) is 56.5 Å². The quantitative estimate of drug-likeness (QED) is 0.712. The number of likely N-dealkylation sites (N-methyl/N-ethyl adjacent to an activating group) is 1. The standard InChI is InChI=1S/C23H30N4O4S/c1-23(2,3)24-22(29)26(4)14-21(28)27-18(13-17(25-27)20-8-7-11-32-20)16-12-15(30-5)9-10-19(16)31-6/h7-12,18H,13-14H2,1-6H3,(H,24,29)/t18-/m1/s1. The molecule has 2 heterocycles. The number of benzene rings is 1. The van der Waals surface area contributed by atoms with Gasteiger partial charge in [-0.1, -0.05) is 6.07 Å². The van der Waals surface area contributed by atoms with E-state index < -0.39 is 5.54 Å². The molecule has 1 aliphatic rings. The highest BCUT2D eigenvalue weighted by Crippen LogP contribution is 2.39. The molecule has 0 spiro atoms. The summed E-state index contributed by atoms with van der Waals surface area (Å²) in [6, 6.07) is 8.76. The third-order valence-corrected chi connectivity index (χ3v) is 5.89. The topological polar surface area (TPSA) is 83.5 Å². The number of carbonyl (C=O) groups excluding carboxylic acids is 2. The van der Waals surface area contributed by atoms with Crippen molar-refractivity contribution in [3.63, 3.8) is 0 Å². The first-order valence-electron chi connectivity index (χ1n) is 10.3. The van der Waals surface area contributed by atoms with Gasteiger partial charge >= 0.3 is 6.03 Å². The van der Waals surface area contributed by atoms with Gasteiger partial charge in [-0.05, 0) is 50.4 Å². The molecule has 0 saturated carbocycles. The Morgan fingerprint density at radius 3 is 2.59 bits per heavy atom. The minimum atomic E-state index is -0.400. The Bertz CT molecular complexity index is 998. The summed E-state index contributed by atoms with van der Waals surface area (Å²) in [6.07, 6.45) is 0.535. The fourth-order valence-electron chi connectivity index (χ4n) is 3.44. The zero-order chi connectivity index (χ0) is 23.5. The molecule has 0 radical (unpaired) electrons. The number of rotatable bonds is 6. The van der Waals surface area contributed by atoms with Crippen molar-refractivity contribution in [3.05, 3.63) is 46.2 Å². The van der Waals surface area contributed by atoms with Crippen LogP contribution in [0.15, 0.2) is 40.8 Å². The van der Waals surface area contributed by atoms with E-state index in [-0.39, 0.29) is 24.5 Å². The van der Waals surface area contributed by atoms with E-state index in [1.165, 1.54) is 9.91 Å². The smallest absolute Gasteiger partial charge is 0.318 e. The fourth-order valence-corrected chi connectivity index (χ4v) is 4.16. The first kappa shape index (κ1) is 23.6.